The number of aryl methyl sites for hydroxylation is 2. The van der Waals surface area contributed by atoms with Crippen molar-refractivity contribution in [2.24, 2.45) is 0 Å². The summed E-state index contributed by atoms with van der Waals surface area (Å²) in [6.07, 6.45) is 3.97. The molecule has 2 aromatic carbocycles. The first-order valence-corrected chi connectivity index (χ1v) is 10.2. The fourth-order valence-corrected chi connectivity index (χ4v) is 4.15. The van der Waals surface area contributed by atoms with Gasteiger partial charge in [0.25, 0.3) is 5.91 Å². The number of rotatable bonds is 5. The van der Waals surface area contributed by atoms with E-state index >= 15 is 0 Å². The second-order valence-corrected chi connectivity index (χ2v) is 7.83. The van der Waals surface area contributed by atoms with Crippen LogP contribution in [0, 0.1) is 13.8 Å². The number of hydrogen-bond donors (Lipinski definition) is 1. The monoisotopic (exact) mass is 386 g/mol. The van der Waals surface area contributed by atoms with Crippen molar-refractivity contribution < 1.29 is 4.79 Å². The molecule has 0 saturated carbocycles. The first-order valence-electron chi connectivity index (χ1n) is 9.27. The van der Waals surface area contributed by atoms with Crippen molar-refractivity contribution in [2.45, 2.75) is 20.4 Å². The average Bonchev–Trinajstić information content (AvgIpc) is 3.37. The lowest BCUT2D eigenvalue weighted by Gasteiger charge is -2.10. The summed E-state index contributed by atoms with van der Waals surface area (Å²) in [7, 11) is 0. The van der Waals surface area contributed by atoms with Gasteiger partial charge >= 0.3 is 0 Å². The molecule has 0 fully saturated rings. The molecule has 0 atom stereocenters. The number of carbonyl (C=O) groups is 1. The maximum atomic E-state index is 13.0. The lowest BCUT2D eigenvalue weighted by atomic mass is 10.0. The maximum Gasteiger partial charge on any atom is 0.263 e. The van der Waals surface area contributed by atoms with Crippen molar-refractivity contribution in [3.63, 3.8) is 0 Å². The fraction of sp³-hybridized carbons (Fsp3) is 0.125. The Bertz CT molecular complexity index is 1070. The fourth-order valence-electron chi connectivity index (χ4n) is 3.16. The van der Waals surface area contributed by atoms with Gasteiger partial charge in [-0.1, -0.05) is 59.7 Å². The minimum Gasteiger partial charge on any atom is -0.347 e. The van der Waals surface area contributed by atoms with E-state index in [9.17, 15) is 4.79 Å². The summed E-state index contributed by atoms with van der Waals surface area (Å²) >= 11 is 1.49. The van der Waals surface area contributed by atoms with Gasteiger partial charge in [0.2, 0.25) is 0 Å². The van der Waals surface area contributed by atoms with Gasteiger partial charge in [0.1, 0.15) is 4.88 Å². The minimum atomic E-state index is -0.0485. The normalized spacial score (nSPS) is 10.8. The van der Waals surface area contributed by atoms with Crippen LogP contribution in [-0.4, -0.2) is 10.5 Å². The maximum absolute atomic E-state index is 13.0. The second kappa shape index (κ2) is 7.87. The standard InChI is InChI=1S/C24H22N2OS/c1-17-5-9-19(10-6-17)15-25-24(27)23-22(26-13-3-4-14-26)21(16-28-23)20-11-7-18(2)8-12-20/h3-14,16H,15H2,1-2H3,(H,25,27). The number of benzene rings is 2. The van der Waals surface area contributed by atoms with Crippen molar-refractivity contribution in [2.75, 3.05) is 0 Å². The van der Waals surface area contributed by atoms with Crippen LogP contribution < -0.4 is 5.32 Å². The predicted octanol–water partition coefficient (Wildman–Crippen LogP) is 5.75. The van der Waals surface area contributed by atoms with E-state index in [0.717, 1.165) is 27.3 Å². The molecule has 0 unspecified atom stereocenters. The molecule has 1 N–H and O–H groups in total. The molecular formula is C24H22N2OS. The zero-order valence-corrected chi connectivity index (χ0v) is 16.8. The molecule has 0 saturated heterocycles. The summed E-state index contributed by atoms with van der Waals surface area (Å²) in [4.78, 5) is 13.7. The number of amides is 1. The molecule has 28 heavy (non-hydrogen) atoms. The smallest absolute Gasteiger partial charge is 0.263 e. The molecule has 0 bridgehead atoms. The van der Waals surface area contributed by atoms with Crippen LogP contribution in [-0.2, 0) is 6.54 Å². The van der Waals surface area contributed by atoms with Gasteiger partial charge < -0.3 is 9.88 Å². The van der Waals surface area contributed by atoms with Gasteiger partial charge in [0.05, 0.1) is 5.69 Å². The molecule has 3 nitrogen and oxygen atoms in total. The van der Waals surface area contributed by atoms with Crippen LogP contribution in [0.5, 0.6) is 0 Å². The Kier molecular flexibility index (Phi) is 5.13. The van der Waals surface area contributed by atoms with Crippen LogP contribution in [0.2, 0.25) is 0 Å². The lowest BCUT2D eigenvalue weighted by Crippen LogP contribution is -2.23. The molecule has 0 aliphatic rings. The van der Waals surface area contributed by atoms with E-state index in [0.29, 0.717) is 6.54 Å². The van der Waals surface area contributed by atoms with E-state index < -0.39 is 0 Å². The molecule has 4 heteroatoms. The number of carbonyl (C=O) groups excluding carboxylic acids is 1. The summed E-state index contributed by atoms with van der Waals surface area (Å²) in [5.74, 6) is -0.0485. The molecule has 2 aromatic heterocycles. The third-order valence-corrected chi connectivity index (χ3v) is 5.74. The van der Waals surface area contributed by atoms with Gasteiger partial charge in [-0.25, -0.2) is 0 Å². The van der Waals surface area contributed by atoms with Crippen LogP contribution in [0.25, 0.3) is 16.8 Å². The molecule has 0 radical (unpaired) electrons. The lowest BCUT2D eigenvalue weighted by molar-refractivity contribution is 0.0955. The molecule has 4 rings (SSSR count). The molecule has 1 amide bonds. The Labute approximate surface area is 169 Å². The second-order valence-electron chi connectivity index (χ2n) is 6.95. The summed E-state index contributed by atoms with van der Waals surface area (Å²) in [6.45, 7) is 4.65. The van der Waals surface area contributed by atoms with Crippen LogP contribution in [0.1, 0.15) is 26.4 Å². The Morgan fingerprint density at radius 3 is 2.18 bits per heavy atom. The zero-order chi connectivity index (χ0) is 19.5. The Morgan fingerprint density at radius 2 is 1.54 bits per heavy atom. The van der Waals surface area contributed by atoms with Gasteiger partial charge in [-0.15, -0.1) is 11.3 Å². The van der Waals surface area contributed by atoms with Crippen LogP contribution in [0.4, 0.5) is 0 Å². The highest BCUT2D eigenvalue weighted by Gasteiger charge is 2.20. The van der Waals surface area contributed by atoms with Crippen molar-refractivity contribution >= 4 is 17.2 Å². The SMILES string of the molecule is Cc1ccc(CNC(=O)c2scc(-c3ccc(C)cc3)c2-n2cccc2)cc1. The predicted molar refractivity (Wildman–Crippen MR) is 116 cm³/mol. The van der Waals surface area contributed by atoms with E-state index in [-0.39, 0.29) is 5.91 Å². The number of hydrogen-bond acceptors (Lipinski definition) is 2. The zero-order valence-electron chi connectivity index (χ0n) is 16.0. The molecule has 0 aliphatic carbocycles. The van der Waals surface area contributed by atoms with E-state index in [2.05, 4.69) is 73.1 Å². The summed E-state index contributed by atoms with van der Waals surface area (Å²) in [5.41, 5.74) is 6.64. The van der Waals surface area contributed by atoms with Crippen LogP contribution in [0.15, 0.2) is 78.4 Å². The third kappa shape index (κ3) is 3.78. The van der Waals surface area contributed by atoms with Gasteiger partial charge in [0, 0.05) is 29.9 Å². The number of nitrogens with one attached hydrogen (secondary N) is 1. The first-order chi connectivity index (χ1) is 13.6. The van der Waals surface area contributed by atoms with Gasteiger partial charge in [-0.05, 0) is 37.1 Å². The Balaban J connectivity index is 1.65. The topological polar surface area (TPSA) is 34.0 Å². The first kappa shape index (κ1) is 18.3. The Morgan fingerprint density at radius 1 is 0.929 bits per heavy atom. The molecule has 0 spiro atoms. The molecule has 0 aliphatic heterocycles. The summed E-state index contributed by atoms with van der Waals surface area (Å²) in [6, 6.07) is 20.6. The van der Waals surface area contributed by atoms with Gasteiger partial charge in [0.15, 0.2) is 0 Å². The van der Waals surface area contributed by atoms with Crippen molar-refractivity contribution in [1.29, 1.82) is 0 Å². The van der Waals surface area contributed by atoms with Gasteiger partial charge in [-0.3, -0.25) is 4.79 Å². The van der Waals surface area contributed by atoms with Crippen LogP contribution in [0.3, 0.4) is 0 Å². The molecular weight excluding hydrogens is 364 g/mol. The largest absolute Gasteiger partial charge is 0.347 e. The van der Waals surface area contributed by atoms with Crippen LogP contribution >= 0.6 is 11.3 Å². The van der Waals surface area contributed by atoms with E-state index in [1.807, 2.05) is 29.1 Å². The Hall–Kier alpha value is -3.11. The summed E-state index contributed by atoms with van der Waals surface area (Å²) < 4.78 is 2.02. The highest BCUT2D eigenvalue weighted by molar-refractivity contribution is 7.13. The van der Waals surface area contributed by atoms with E-state index in [1.54, 1.807) is 0 Å². The molecule has 4 aromatic rings. The van der Waals surface area contributed by atoms with Crippen molar-refractivity contribution in [1.82, 2.24) is 9.88 Å². The minimum absolute atomic E-state index is 0.0485. The molecule has 2 heterocycles. The number of nitrogens with zero attached hydrogens (tertiary/aromatic N) is 1. The highest BCUT2D eigenvalue weighted by atomic mass is 32.1. The number of thiophene rings is 1. The van der Waals surface area contributed by atoms with Crippen molar-refractivity contribution in [3.8, 4) is 16.8 Å². The summed E-state index contributed by atoms with van der Waals surface area (Å²) in [5, 5.41) is 5.14. The number of aromatic nitrogens is 1. The quantitative estimate of drug-likeness (QED) is 0.465. The van der Waals surface area contributed by atoms with Gasteiger partial charge in [-0.2, -0.15) is 0 Å². The van der Waals surface area contributed by atoms with E-state index in [1.165, 1.54) is 22.5 Å². The average molecular weight is 387 g/mol. The van der Waals surface area contributed by atoms with Crippen molar-refractivity contribution in [3.05, 3.63) is 100 Å². The third-order valence-electron chi connectivity index (χ3n) is 4.77. The highest BCUT2D eigenvalue weighted by Crippen LogP contribution is 2.35. The van der Waals surface area contributed by atoms with E-state index in [4.69, 9.17) is 0 Å². The molecule has 140 valence electrons.